The quantitative estimate of drug-likeness (QED) is 0.629. The molecule has 76 valence electrons. The zero-order valence-corrected chi connectivity index (χ0v) is 10.9. The molecular formula is C10H13BrN2S. The number of nitrogens with zero attached hydrogens (tertiary/aromatic N) is 1. The zero-order chi connectivity index (χ0) is 10.7. The third-order valence-corrected chi connectivity index (χ3v) is 3.50. The molecule has 0 bridgehead atoms. The minimum absolute atomic E-state index is 0.592. The average molecular weight is 273 g/mol. The largest absolute Gasteiger partial charge is 0.378 e. The van der Waals surface area contributed by atoms with Crippen LogP contribution in [0.25, 0.3) is 0 Å². The highest BCUT2D eigenvalue weighted by atomic mass is 79.9. The van der Waals surface area contributed by atoms with E-state index >= 15 is 0 Å². The third-order valence-electron chi connectivity index (χ3n) is 2.13. The number of nitrogens with two attached hydrogens (primary N) is 1. The van der Waals surface area contributed by atoms with Crippen LogP contribution in [0.1, 0.15) is 11.1 Å². The van der Waals surface area contributed by atoms with Gasteiger partial charge in [-0.15, -0.1) is 0 Å². The van der Waals surface area contributed by atoms with E-state index in [9.17, 15) is 0 Å². The van der Waals surface area contributed by atoms with E-state index in [1.165, 1.54) is 17.3 Å². The summed E-state index contributed by atoms with van der Waals surface area (Å²) in [6, 6.07) is 3.96. The predicted octanol–water partition coefficient (Wildman–Crippen LogP) is 3.38. The molecule has 0 fully saturated rings. The maximum atomic E-state index is 5.66. The molecule has 0 spiro atoms. The SMILES string of the molecule is CSC(N)=Nc1ccc(Br)c(C)c1C. The Labute approximate surface area is 97.1 Å². The smallest absolute Gasteiger partial charge is 0.158 e. The molecule has 0 aliphatic carbocycles. The van der Waals surface area contributed by atoms with Crippen molar-refractivity contribution in [3.63, 3.8) is 0 Å². The summed E-state index contributed by atoms with van der Waals surface area (Å²) < 4.78 is 1.11. The minimum Gasteiger partial charge on any atom is -0.378 e. The van der Waals surface area contributed by atoms with Crippen molar-refractivity contribution in [1.29, 1.82) is 0 Å². The van der Waals surface area contributed by atoms with Gasteiger partial charge in [0.05, 0.1) is 5.69 Å². The van der Waals surface area contributed by atoms with Crippen molar-refractivity contribution in [2.24, 2.45) is 10.7 Å². The molecule has 0 amide bonds. The first kappa shape index (κ1) is 11.6. The van der Waals surface area contributed by atoms with Gasteiger partial charge in [-0.3, -0.25) is 0 Å². The van der Waals surface area contributed by atoms with Crippen LogP contribution in [0.2, 0.25) is 0 Å². The fourth-order valence-corrected chi connectivity index (χ4v) is 1.68. The van der Waals surface area contributed by atoms with E-state index in [0.29, 0.717) is 5.17 Å². The van der Waals surface area contributed by atoms with Crippen molar-refractivity contribution in [2.75, 3.05) is 6.26 Å². The van der Waals surface area contributed by atoms with Crippen molar-refractivity contribution in [3.8, 4) is 0 Å². The van der Waals surface area contributed by atoms with E-state index in [-0.39, 0.29) is 0 Å². The molecule has 0 saturated carbocycles. The van der Waals surface area contributed by atoms with Gasteiger partial charge >= 0.3 is 0 Å². The Balaban J connectivity index is 3.18. The Morgan fingerprint density at radius 3 is 2.57 bits per heavy atom. The molecule has 0 aromatic heterocycles. The molecule has 4 heteroatoms. The Morgan fingerprint density at radius 2 is 2.00 bits per heavy atom. The van der Waals surface area contributed by atoms with Gasteiger partial charge in [0, 0.05) is 4.47 Å². The molecule has 1 aromatic rings. The summed E-state index contributed by atoms with van der Waals surface area (Å²) in [5, 5.41) is 0.592. The highest BCUT2D eigenvalue weighted by Gasteiger charge is 2.03. The topological polar surface area (TPSA) is 38.4 Å². The second-order valence-corrected chi connectivity index (χ2v) is 4.65. The molecule has 14 heavy (non-hydrogen) atoms. The normalized spacial score (nSPS) is 11.9. The first-order chi connectivity index (χ1) is 6.56. The Hall–Kier alpha value is -0.480. The number of hydrogen-bond donors (Lipinski definition) is 1. The van der Waals surface area contributed by atoms with Crippen LogP contribution >= 0.6 is 27.7 Å². The van der Waals surface area contributed by atoms with Crippen LogP contribution < -0.4 is 5.73 Å². The van der Waals surface area contributed by atoms with E-state index in [1.807, 2.05) is 25.3 Å². The first-order valence-corrected chi connectivity index (χ1v) is 6.22. The van der Waals surface area contributed by atoms with Crippen molar-refractivity contribution in [2.45, 2.75) is 13.8 Å². The summed E-state index contributed by atoms with van der Waals surface area (Å²) >= 11 is 4.93. The molecule has 2 N–H and O–H groups in total. The summed E-state index contributed by atoms with van der Waals surface area (Å²) in [5.74, 6) is 0. The predicted molar refractivity (Wildman–Crippen MR) is 68.4 cm³/mol. The van der Waals surface area contributed by atoms with Crippen molar-refractivity contribution < 1.29 is 0 Å². The highest BCUT2D eigenvalue weighted by molar-refractivity contribution is 9.10. The van der Waals surface area contributed by atoms with Crippen molar-refractivity contribution >= 4 is 38.5 Å². The Bertz CT molecular complexity index is 375. The first-order valence-electron chi connectivity index (χ1n) is 4.20. The van der Waals surface area contributed by atoms with Crippen LogP contribution in [0, 0.1) is 13.8 Å². The Kier molecular flexibility index (Phi) is 4.01. The molecule has 0 aliphatic heterocycles. The lowest BCUT2D eigenvalue weighted by atomic mass is 10.1. The molecule has 0 aliphatic rings. The molecule has 2 nitrogen and oxygen atoms in total. The van der Waals surface area contributed by atoms with Gasteiger partial charge in [-0.1, -0.05) is 27.7 Å². The zero-order valence-electron chi connectivity index (χ0n) is 8.47. The maximum Gasteiger partial charge on any atom is 0.158 e. The lowest BCUT2D eigenvalue weighted by Crippen LogP contribution is -2.04. The summed E-state index contributed by atoms with van der Waals surface area (Å²) in [5.41, 5.74) is 8.98. The van der Waals surface area contributed by atoms with Gasteiger partial charge in [0.1, 0.15) is 0 Å². The van der Waals surface area contributed by atoms with E-state index in [4.69, 9.17) is 5.73 Å². The number of rotatable bonds is 1. The number of amidine groups is 1. The second kappa shape index (κ2) is 4.84. The summed E-state index contributed by atoms with van der Waals surface area (Å²) in [6.45, 7) is 4.11. The van der Waals surface area contributed by atoms with Crippen LogP contribution in [-0.4, -0.2) is 11.4 Å². The molecule has 0 radical (unpaired) electrons. The van der Waals surface area contributed by atoms with Gasteiger partial charge in [0.2, 0.25) is 0 Å². The molecule has 0 atom stereocenters. The van der Waals surface area contributed by atoms with Crippen LogP contribution in [0.5, 0.6) is 0 Å². The Morgan fingerprint density at radius 1 is 1.36 bits per heavy atom. The molecule has 1 aromatic carbocycles. The van der Waals surface area contributed by atoms with Crippen LogP contribution in [0.15, 0.2) is 21.6 Å². The standard InChI is InChI=1S/C10H13BrN2S/c1-6-7(2)9(5-4-8(6)11)13-10(12)14-3/h4-5H,1-3H3,(H2,12,13). The highest BCUT2D eigenvalue weighted by Crippen LogP contribution is 2.28. The van der Waals surface area contributed by atoms with E-state index in [1.54, 1.807) is 0 Å². The number of thioether (sulfide) groups is 1. The van der Waals surface area contributed by atoms with Gasteiger partial charge in [0.25, 0.3) is 0 Å². The minimum atomic E-state index is 0.592. The number of benzene rings is 1. The lowest BCUT2D eigenvalue weighted by Gasteiger charge is -2.06. The van der Waals surface area contributed by atoms with Crippen LogP contribution in [0.4, 0.5) is 5.69 Å². The fourth-order valence-electron chi connectivity index (χ4n) is 1.06. The molecule has 0 heterocycles. The van der Waals surface area contributed by atoms with Crippen LogP contribution in [0.3, 0.4) is 0 Å². The molecule has 1 rings (SSSR count). The van der Waals surface area contributed by atoms with Gasteiger partial charge in [-0.25, -0.2) is 4.99 Å². The van der Waals surface area contributed by atoms with Gasteiger partial charge < -0.3 is 5.73 Å². The summed E-state index contributed by atoms with van der Waals surface area (Å²) in [6.07, 6.45) is 1.92. The van der Waals surface area contributed by atoms with E-state index < -0.39 is 0 Å². The number of halogens is 1. The number of hydrogen-bond acceptors (Lipinski definition) is 2. The number of aliphatic imine (C=N–C) groups is 1. The van der Waals surface area contributed by atoms with Crippen molar-refractivity contribution in [3.05, 3.63) is 27.7 Å². The lowest BCUT2D eigenvalue weighted by molar-refractivity contribution is 1.29. The van der Waals surface area contributed by atoms with E-state index in [0.717, 1.165) is 15.7 Å². The van der Waals surface area contributed by atoms with Gasteiger partial charge in [-0.2, -0.15) is 0 Å². The van der Waals surface area contributed by atoms with Crippen molar-refractivity contribution in [1.82, 2.24) is 0 Å². The second-order valence-electron chi connectivity index (χ2n) is 2.97. The molecule has 0 saturated heterocycles. The van der Waals surface area contributed by atoms with Gasteiger partial charge in [0.15, 0.2) is 5.17 Å². The average Bonchev–Trinajstić information content (AvgIpc) is 2.19. The summed E-state index contributed by atoms with van der Waals surface area (Å²) in [4.78, 5) is 4.32. The summed E-state index contributed by atoms with van der Waals surface area (Å²) in [7, 11) is 0. The fraction of sp³-hybridized carbons (Fsp3) is 0.300. The molecule has 0 unspecified atom stereocenters. The van der Waals surface area contributed by atoms with Crippen LogP contribution in [-0.2, 0) is 0 Å². The molecular weight excluding hydrogens is 260 g/mol. The third kappa shape index (κ3) is 2.51. The van der Waals surface area contributed by atoms with Gasteiger partial charge in [-0.05, 0) is 43.4 Å². The maximum absolute atomic E-state index is 5.66. The monoisotopic (exact) mass is 272 g/mol. The van der Waals surface area contributed by atoms with E-state index in [2.05, 4.69) is 27.8 Å².